The molecule has 0 fully saturated rings. The van der Waals surface area contributed by atoms with Crippen molar-refractivity contribution in [1.82, 2.24) is 30.1 Å². The highest BCUT2D eigenvalue weighted by Gasteiger charge is 2.13. The topological polar surface area (TPSA) is 86.4 Å². The number of anilines is 1. The minimum Gasteiger partial charge on any atom is -0.376 e. The normalized spacial score (nSPS) is 11.3. The molecule has 0 aliphatic rings. The van der Waals surface area contributed by atoms with Crippen LogP contribution in [0.3, 0.4) is 0 Å². The molecule has 27 heavy (non-hydrogen) atoms. The SMILES string of the molecule is CN(C)c1cncc(-c2cc3c(-c4cc5cnccc5[nH]4)n[nH]c3cn2)c1. The molecule has 7 nitrogen and oxygen atoms in total. The molecule has 0 unspecified atom stereocenters. The van der Waals surface area contributed by atoms with Gasteiger partial charge in [-0.25, -0.2) is 0 Å². The molecule has 5 heterocycles. The number of H-pyrrole nitrogens is 2. The van der Waals surface area contributed by atoms with E-state index in [1.165, 1.54) is 0 Å². The fourth-order valence-electron chi connectivity index (χ4n) is 3.19. The predicted octanol–water partition coefficient (Wildman–Crippen LogP) is 3.63. The van der Waals surface area contributed by atoms with E-state index < -0.39 is 0 Å². The average Bonchev–Trinajstić information content (AvgIpc) is 3.31. The summed E-state index contributed by atoms with van der Waals surface area (Å²) in [6, 6.07) is 8.15. The highest BCUT2D eigenvalue weighted by atomic mass is 15.1. The molecule has 0 atom stereocenters. The van der Waals surface area contributed by atoms with Gasteiger partial charge >= 0.3 is 0 Å². The lowest BCUT2D eigenvalue weighted by Gasteiger charge is -2.12. The van der Waals surface area contributed by atoms with Crippen molar-refractivity contribution in [3.05, 3.63) is 55.2 Å². The zero-order valence-corrected chi connectivity index (χ0v) is 14.9. The van der Waals surface area contributed by atoms with Crippen LogP contribution in [-0.4, -0.2) is 44.2 Å². The van der Waals surface area contributed by atoms with Crippen LogP contribution in [0.2, 0.25) is 0 Å². The van der Waals surface area contributed by atoms with Gasteiger partial charge in [-0.1, -0.05) is 0 Å². The molecule has 0 spiro atoms. The molecule has 0 aromatic carbocycles. The summed E-state index contributed by atoms with van der Waals surface area (Å²) in [5, 5.41) is 9.63. The second-order valence-electron chi connectivity index (χ2n) is 6.66. The molecule has 0 amide bonds. The highest BCUT2D eigenvalue weighted by Crippen LogP contribution is 2.31. The molecule has 0 radical (unpaired) electrons. The summed E-state index contributed by atoms with van der Waals surface area (Å²) >= 11 is 0. The van der Waals surface area contributed by atoms with E-state index in [2.05, 4.69) is 42.3 Å². The summed E-state index contributed by atoms with van der Waals surface area (Å²) in [7, 11) is 3.99. The summed E-state index contributed by atoms with van der Waals surface area (Å²) < 4.78 is 0. The molecule has 0 aliphatic heterocycles. The van der Waals surface area contributed by atoms with Crippen molar-refractivity contribution in [3.8, 4) is 22.6 Å². The maximum atomic E-state index is 4.58. The molecule has 7 heteroatoms. The van der Waals surface area contributed by atoms with Gasteiger partial charge in [0, 0.05) is 54.5 Å². The third kappa shape index (κ3) is 2.60. The van der Waals surface area contributed by atoms with Crippen molar-refractivity contribution in [1.29, 1.82) is 0 Å². The van der Waals surface area contributed by atoms with Crippen LogP contribution in [0.4, 0.5) is 5.69 Å². The zero-order valence-electron chi connectivity index (χ0n) is 14.9. The Morgan fingerprint density at radius 2 is 1.85 bits per heavy atom. The van der Waals surface area contributed by atoms with Crippen molar-refractivity contribution in [2.45, 2.75) is 0 Å². The summed E-state index contributed by atoms with van der Waals surface area (Å²) in [5.74, 6) is 0. The third-order valence-electron chi connectivity index (χ3n) is 4.66. The fraction of sp³-hybridized carbons (Fsp3) is 0.100. The standard InChI is InChI=1S/C20H17N7/c1-27(2)14-5-12(9-22-10-14)17-7-15-19(11-23-17)25-26-20(15)18-6-13-8-21-4-3-16(13)24-18/h3-11,24H,1-2H3,(H,25,26). The van der Waals surface area contributed by atoms with Gasteiger partial charge < -0.3 is 9.88 Å². The summed E-state index contributed by atoms with van der Waals surface area (Å²) in [6.07, 6.45) is 9.10. The van der Waals surface area contributed by atoms with Crippen molar-refractivity contribution in [3.63, 3.8) is 0 Å². The molecular formula is C20H17N7. The van der Waals surface area contributed by atoms with E-state index in [-0.39, 0.29) is 0 Å². The lowest BCUT2D eigenvalue weighted by atomic mass is 10.1. The van der Waals surface area contributed by atoms with E-state index in [1.54, 1.807) is 6.20 Å². The smallest absolute Gasteiger partial charge is 0.116 e. The average molecular weight is 355 g/mol. The molecule has 0 saturated carbocycles. The van der Waals surface area contributed by atoms with E-state index in [1.807, 2.05) is 55.9 Å². The predicted molar refractivity (Wildman–Crippen MR) is 107 cm³/mol. The van der Waals surface area contributed by atoms with Crippen LogP contribution in [-0.2, 0) is 0 Å². The summed E-state index contributed by atoms with van der Waals surface area (Å²) in [4.78, 5) is 18.5. The Morgan fingerprint density at radius 1 is 0.926 bits per heavy atom. The van der Waals surface area contributed by atoms with Crippen LogP contribution in [0.25, 0.3) is 44.5 Å². The number of nitrogens with zero attached hydrogens (tertiary/aromatic N) is 5. The first-order chi connectivity index (χ1) is 13.2. The Morgan fingerprint density at radius 3 is 2.70 bits per heavy atom. The van der Waals surface area contributed by atoms with Gasteiger partial charge in [0.2, 0.25) is 0 Å². The maximum absolute atomic E-state index is 4.58. The fourth-order valence-corrected chi connectivity index (χ4v) is 3.19. The number of hydrogen-bond donors (Lipinski definition) is 2. The zero-order chi connectivity index (χ0) is 18.4. The van der Waals surface area contributed by atoms with Crippen molar-refractivity contribution >= 4 is 27.5 Å². The quantitative estimate of drug-likeness (QED) is 0.516. The van der Waals surface area contributed by atoms with Crippen LogP contribution in [0, 0.1) is 0 Å². The Bertz CT molecular complexity index is 1230. The number of hydrogen-bond acceptors (Lipinski definition) is 5. The van der Waals surface area contributed by atoms with Crippen LogP contribution < -0.4 is 4.90 Å². The first kappa shape index (κ1) is 15.5. The Balaban J connectivity index is 1.65. The molecule has 5 aromatic rings. The monoisotopic (exact) mass is 355 g/mol. The van der Waals surface area contributed by atoms with E-state index in [4.69, 9.17) is 0 Å². The number of fused-ring (bicyclic) bond motifs is 2. The van der Waals surface area contributed by atoms with Crippen molar-refractivity contribution in [2.24, 2.45) is 0 Å². The van der Waals surface area contributed by atoms with Crippen LogP contribution in [0.1, 0.15) is 0 Å². The van der Waals surface area contributed by atoms with Gasteiger partial charge in [0.1, 0.15) is 5.69 Å². The second-order valence-corrected chi connectivity index (χ2v) is 6.66. The number of aromatic nitrogens is 6. The minimum atomic E-state index is 0.860. The molecular weight excluding hydrogens is 338 g/mol. The molecule has 0 saturated heterocycles. The summed E-state index contributed by atoms with van der Waals surface area (Å²) in [6.45, 7) is 0. The number of aromatic amines is 2. The van der Waals surface area contributed by atoms with E-state index >= 15 is 0 Å². The van der Waals surface area contributed by atoms with E-state index in [0.717, 1.165) is 50.1 Å². The highest BCUT2D eigenvalue weighted by molar-refractivity contribution is 5.96. The Hall–Kier alpha value is -3.74. The molecule has 2 N–H and O–H groups in total. The van der Waals surface area contributed by atoms with E-state index in [0.29, 0.717) is 0 Å². The Kier molecular flexibility index (Phi) is 3.39. The van der Waals surface area contributed by atoms with Gasteiger partial charge in [-0.2, -0.15) is 5.10 Å². The van der Waals surface area contributed by atoms with Crippen LogP contribution >= 0.6 is 0 Å². The Labute approximate surface area is 155 Å². The van der Waals surface area contributed by atoms with Crippen molar-refractivity contribution in [2.75, 3.05) is 19.0 Å². The lowest BCUT2D eigenvalue weighted by Crippen LogP contribution is -2.08. The first-order valence-electron chi connectivity index (χ1n) is 8.59. The maximum Gasteiger partial charge on any atom is 0.116 e. The third-order valence-corrected chi connectivity index (χ3v) is 4.66. The minimum absolute atomic E-state index is 0.860. The van der Waals surface area contributed by atoms with Crippen molar-refractivity contribution < 1.29 is 0 Å². The van der Waals surface area contributed by atoms with Gasteiger partial charge in [0.15, 0.2) is 0 Å². The largest absolute Gasteiger partial charge is 0.376 e. The first-order valence-corrected chi connectivity index (χ1v) is 8.59. The number of nitrogens with one attached hydrogen (secondary N) is 2. The molecule has 5 aromatic heterocycles. The number of rotatable bonds is 3. The number of pyridine rings is 3. The van der Waals surface area contributed by atoms with Gasteiger partial charge in [0.05, 0.1) is 35.0 Å². The van der Waals surface area contributed by atoms with E-state index in [9.17, 15) is 0 Å². The van der Waals surface area contributed by atoms with Crippen LogP contribution in [0.5, 0.6) is 0 Å². The van der Waals surface area contributed by atoms with Gasteiger partial charge in [0.25, 0.3) is 0 Å². The molecule has 132 valence electrons. The lowest BCUT2D eigenvalue weighted by molar-refractivity contribution is 1.11. The van der Waals surface area contributed by atoms with Gasteiger partial charge in [-0.05, 0) is 24.3 Å². The molecule has 5 rings (SSSR count). The van der Waals surface area contributed by atoms with Gasteiger partial charge in [-0.15, -0.1) is 0 Å². The molecule has 0 bridgehead atoms. The molecule has 0 aliphatic carbocycles. The summed E-state index contributed by atoms with van der Waals surface area (Å²) in [5.41, 5.74) is 6.60. The van der Waals surface area contributed by atoms with Gasteiger partial charge in [-0.3, -0.25) is 20.1 Å². The second kappa shape index (κ2) is 5.91. The van der Waals surface area contributed by atoms with Crippen LogP contribution in [0.15, 0.2) is 55.2 Å².